The molecule has 1 heterocycles. The van der Waals surface area contributed by atoms with E-state index in [9.17, 15) is 19.7 Å². The summed E-state index contributed by atoms with van der Waals surface area (Å²) in [5.41, 5.74) is 1.57. The molecule has 0 bridgehead atoms. The van der Waals surface area contributed by atoms with E-state index in [-0.39, 0.29) is 40.8 Å². The number of amides is 2. The molecule has 0 N–H and O–H groups in total. The van der Waals surface area contributed by atoms with E-state index in [2.05, 4.69) is 0 Å². The van der Waals surface area contributed by atoms with Crippen molar-refractivity contribution in [1.29, 1.82) is 0 Å². The van der Waals surface area contributed by atoms with Gasteiger partial charge in [0.25, 0.3) is 16.8 Å². The summed E-state index contributed by atoms with van der Waals surface area (Å²) in [6.07, 6.45) is 1.34. The van der Waals surface area contributed by atoms with Crippen molar-refractivity contribution >= 4 is 34.7 Å². The quantitative estimate of drug-likeness (QED) is 0.243. The highest BCUT2D eigenvalue weighted by molar-refractivity contribution is 8.18. The van der Waals surface area contributed by atoms with E-state index >= 15 is 0 Å². The van der Waals surface area contributed by atoms with Gasteiger partial charge in [-0.1, -0.05) is 60.7 Å². The van der Waals surface area contributed by atoms with Gasteiger partial charge >= 0.3 is 0 Å². The lowest BCUT2D eigenvalue weighted by atomic mass is 10.1. The Kier molecular flexibility index (Phi) is 6.93. The monoisotopic (exact) mass is 476 g/mol. The number of thioether (sulfide) groups is 1. The number of nitrogens with zero attached hydrogens (tertiary/aromatic N) is 2. The van der Waals surface area contributed by atoms with Gasteiger partial charge in [0, 0.05) is 0 Å². The molecule has 0 aromatic heterocycles. The number of ether oxygens (including phenoxy) is 2. The third-order valence-electron chi connectivity index (χ3n) is 5.09. The van der Waals surface area contributed by atoms with Crippen molar-refractivity contribution in [2.45, 2.75) is 13.2 Å². The number of methoxy groups -OCH3 is 1. The molecule has 0 unspecified atom stereocenters. The van der Waals surface area contributed by atoms with Gasteiger partial charge in [-0.2, -0.15) is 0 Å². The average molecular weight is 477 g/mol. The van der Waals surface area contributed by atoms with E-state index in [0.717, 1.165) is 27.8 Å². The first kappa shape index (κ1) is 23.1. The molecule has 1 saturated heterocycles. The third-order valence-corrected chi connectivity index (χ3v) is 6.00. The number of nitro groups is 1. The molecule has 0 radical (unpaired) electrons. The molecule has 34 heavy (non-hydrogen) atoms. The van der Waals surface area contributed by atoms with E-state index in [4.69, 9.17) is 9.47 Å². The predicted molar refractivity (Wildman–Crippen MR) is 128 cm³/mol. The lowest BCUT2D eigenvalue weighted by Gasteiger charge is -2.13. The van der Waals surface area contributed by atoms with Gasteiger partial charge in [-0.05, 0) is 35.0 Å². The highest BCUT2D eigenvalue weighted by Crippen LogP contribution is 2.39. The number of imide groups is 1. The van der Waals surface area contributed by atoms with Crippen LogP contribution in [-0.2, 0) is 17.9 Å². The lowest BCUT2D eigenvalue weighted by Crippen LogP contribution is -2.27. The molecule has 3 aromatic rings. The molecule has 0 aliphatic carbocycles. The number of rotatable bonds is 8. The first-order chi connectivity index (χ1) is 16.5. The number of hydrogen-bond donors (Lipinski definition) is 0. The van der Waals surface area contributed by atoms with Gasteiger partial charge in [-0.3, -0.25) is 24.6 Å². The fourth-order valence-corrected chi connectivity index (χ4v) is 4.22. The van der Waals surface area contributed by atoms with Crippen molar-refractivity contribution in [2.24, 2.45) is 0 Å². The van der Waals surface area contributed by atoms with Crippen molar-refractivity contribution in [3.63, 3.8) is 0 Å². The van der Waals surface area contributed by atoms with Crippen LogP contribution in [0.15, 0.2) is 77.7 Å². The molecule has 1 aliphatic heterocycles. The third kappa shape index (κ3) is 5.10. The molecule has 0 saturated carbocycles. The molecule has 0 atom stereocenters. The average Bonchev–Trinajstić information content (AvgIpc) is 3.11. The fraction of sp³-hybridized carbons (Fsp3) is 0.120. The van der Waals surface area contributed by atoms with Crippen molar-refractivity contribution in [2.75, 3.05) is 7.11 Å². The van der Waals surface area contributed by atoms with Crippen LogP contribution in [0.3, 0.4) is 0 Å². The molecule has 1 aliphatic rings. The maximum Gasteiger partial charge on any atom is 0.293 e. The Bertz CT molecular complexity index is 1260. The minimum Gasteiger partial charge on any atom is -0.493 e. The Morgan fingerprint density at radius 1 is 0.971 bits per heavy atom. The van der Waals surface area contributed by atoms with E-state index in [1.54, 1.807) is 0 Å². The predicted octanol–water partition coefficient (Wildman–Crippen LogP) is 5.42. The molecule has 9 heteroatoms. The summed E-state index contributed by atoms with van der Waals surface area (Å²) < 4.78 is 11.1. The summed E-state index contributed by atoms with van der Waals surface area (Å²) in [6.45, 7) is 0.326. The zero-order valence-corrected chi connectivity index (χ0v) is 19.0. The minimum atomic E-state index is -0.561. The van der Waals surface area contributed by atoms with Crippen LogP contribution >= 0.6 is 11.8 Å². The first-order valence-electron chi connectivity index (χ1n) is 10.3. The summed E-state index contributed by atoms with van der Waals surface area (Å²) in [5, 5.41) is 11.4. The number of benzene rings is 3. The van der Waals surface area contributed by atoms with Gasteiger partial charge < -0.3 is 9.47 Å². The SMILES string of the molecule is COc1cc(/C=C2\SC(=O)N(Cc3ccccc3)C2=O)c([N+](=O)[O-])cc1OCc1ccccc1. The number of carbonyl (C=O) groups excluding carboxylic acids is 2. The molecular formula is C25H20N2O6S. The van der Waals surface area contributed by atoms with Crippen LogP contribution in [0.2, 0.25) is 0 Å². The summed E-state index contributed by atoms with van der Waals surface area (Å²) in [6, 6.07) is 21.2. The van der Waals surface area contributed by atoms with E-state index in [0.29, 0.717) is 0 Å². The van der Waals surface area contributed by atoms with Gasteiger partial charge in [-0.25, -0.2) is 0 Å². The molecule has 2 amide bonds. The fourth-order valence-electron chi connectivity index (χ4n) is 3.39. The van der Waals surface area contributed by atoms with E-state index < -0.39 is 16.1 Å². The van der Waals surface area contributed by atoms with E-state index in [1.807, 2.05) is 60.7 Å². The van der Waals surface area contributed by atoms with Crippen molar-refractivity contribution in [3.8, 4) is 11.5 Å². The summed E-state index contributed by atoms with van der Waals surface area (Å²) in [5.74, 6) is -0.0276. The van der Waals surface area contributed by atoms with Gasteiger partial charge in [0.2, 0.25) is 0 Å². The zero-order valence-electron chi connectivity index (χ0n) is 18.2. The van der Waals surface area contributed by atoms with Crippen LogP contribution in [0.4, 0.5) is 10.5 Å². The van der Waals surface area contributed by atoms with Crippen LogP contribution < -0.4 is 9.47 Å². The van der Waals surface area contributed by atoms with E-state index in [1.165, 1.54) is 25.3 Å². The standard InChI is InChI=1S/C25H20N2O6S/c1-32-21-12-19(20(27(30)31)14-22(21)33-16-18-10-6-3-7-11-18)13-23-24(28)26(25(29)34-23)15-17-8-4-2-5-9-17/h2-14H,15-16H2,1H3/b23-13-. The van der Waals surface area contributed by atoms with Crippen molar-refractivity contribution in [1.82, 2.24) is 4.90 Å². The molecule has 1 fully saturated rings. The molecular weight excluding hydrogens is 456 g/mol. The second kappa shape index (κ2) is 10.2. The van der Waals surface area contributed by atoms with Crippen molar-refractivity contribution in [3.05, 3.63) is 105 Å². The molecule has 8 nitrogen and oxygen atoms in total. The normalized spacial score (nSPS) is 14.5. The summed E-state index contributed by atoms with van der Waals surface area (Å²) >= 11 is 0.745. The first-order valence-corrected chi connectivity index (χ1v) is 11.1. The number of hydrogen-bond acceptors (Lipinski definition) is 7. The largest absolute Gasteiger partial charge is 0.493 e. The van der Waals surface area contributed by atoms with Crippen molar-refractivity contribution < 1.29 is 24.0 Å². The second-order valence-corrected chi connectivity index (χ2v) is 8.34. The van der Waals surface area contributed by atoms with Crippen LogP contribution in [-0.4, -0.2) is 28.1 Å². The molecule has 3 aromatic carbocycles. The smallest absolute Gasteiger partial charge is 0.293 e. The highest BCUT2D eigenvalue weighted by Gasteiger charge is 2.35. The number of nitro benzene ring substituents is 1. The zero-order chi connectivity index (χ0) is 24.1. The molecule has 4 rings (SSSR count). The Morgan fingerprint density at radius 2 is 1.62 bits per heavy atom. The Morgan fingerprint density at radius 3 is 2.24 bits per heavy atom. The second-order valence-electron chi connectivity index (χ2n) is 7.35. The van der Waals surface area contributed by atoms with Gasteiger partial charge in [0.15, 0.2) is 11.5 Å². The Balaban J connectivity index is 1.62. The summed E-state index contributed by atoms with van der Waals surface area (Å²) in [7, 11) is 1.42. The lowest BCUT2D eigenvalue weighted by molar-refractivity contribution is -0.385. The molecule has 172 valence electrons. The maximum atomic E-state index is 12.9. The van der Waals surface area contributed by atoms with Crippen LogP contribution in [0.1, 0.15) is 16.7 Å². The van der Waals surface area contributed by atoms with Crippen LogP contribution in [0.5, 0.6) is 11.5 Å². The molecule has 0 spiro atoms. The minimum absolute atomic E-state index is 0.101. The van der Waals surface area contributed by atoms with Gasteiger partial charge in [0.1, 0.15) is 6.61 Å². The van der Waals surface area contributed by atoms with Gasteiger partial charge in [0.05, 0.1) is 35.1 Å². The maximum absolute atomic E-state index is 12.9. The Hall–Kier alpha value is -4.11. The summed E-state index contributed by atoms with van der Waals surface area (Å²) in [4.78, 5) is 37.8. The highest BCUT2D eigenvalue weighted by atomic mass is 32.2. The van der Waals surface area contributed by atoms with Crippen LogP contribution in [0.25, 0.3) is 6.08 Å². The van der Waals surface area contributed by atoms with Crippen LogP contribution in [0, 0.1) is 10.1 Å². The Labute approximate surface area is 199 Å². The topological polar surface area (TPSA) is 99.0 Å². The number of carbonyl (C=O) groups is 2. The van der Waals surface area contributed by atoms with Gasteiger partial charge in [-0.15, -0.1) is 0 Å².